The van der Waals surface area contributed by atoms with E-state index in [-0.39, 0.29) is 23.9 Å². The van der Waals surface area contributed by atoms with Crippen LogP contribution in [0.4, 0.5) is 9.93 Å². The summed E-state index contributed by atoms with van der Waals surface area (Å²) >= 11 is 14.2. The van der Waals surface area contributed by atoms with E-state index in [1.807, 2.05) is 80.7 Å². The maximum atomic E-state index is 15.2. The van der Waals surface area contributed by atoms with Crippen molar-refractivity contribution in [2.45, 2.75) is 58.0 Å². The van der Waals surface area contributed by atoms with Crippen molar-refractivity contribution in [3.05, 3.63) is 105 Å². The van der Waals surface area contributed by atoms with Crippen LogP contribution >= 0.6 is 34.5 Å². The number of pyridine rings is 1. The molecular weight excluding hydrogens is 705 g/mol. The number of urea groups is 1. The number of thiazole rings is 1. The Kier molecular flexibility index (Phi) is 10.4. The molecule has 2 atom stereocenters. The molecule has 0 bridgehead atoms. The van der Waals surface area contributed by atoms with Crippen LogP contribution in [0.2, 0.25) is 10.0 Å². The molecule has 1 N–H and O–H groups in total. The summed E-state index contributed by atoms with van der Waals surface area (Å²) in [6.07, 6.45) is 3.46. The summed E-state index contributed by atoms with van der Waals surface area (Å²) < 4.78 is 6.27. The second-order valence-electron chi connectivity index (χ2n) is 14.0. The van der Waals surface area contributed by atoms with E-state index in [0.29, 0.717) is 65.1 Å². The van der Waals surface area contributed by atoms with Crippen LogP contribution in [0.3, 0.4) is 0 Å². The van der Waals surface area contributed by atoms with Gasteiger partial charge < -0.3 is 19.9 Å². The lowest BCUT2D eigenvalue weighted by atomic mass is 9.71. The molecule has 10 nitrogen and oxygen atoms in total. The Balaban J connectivity index is 1.44. The van der Waals surface area contributed by atoms with Gasteiger partial charge in [0.25, 0.3) is 0 Å². The van der Waals surface area contributed by atoms with Crippen LogP contribution in [-0.2, 0) is 21.3 Å². The lowest BCUT2D eigenvalue weighted by Crippen LogP contribution is -2.61. The van der Waals surface area contributed by atoms with Crippen molar-refractivity contribution in [3.8, 4) is 5.75 Å². The monoisotopic (exact) mass is 747 g/mol. The minimum atomic E-state index is -1.06. The zero-order valence-corrected chi connectivity index (χ0v) is 32.1. The zero-order chi connectivity index (χ0) is 36.6. The van der Waals surface area contributed by atoms with Crippen LogP contribution < -0.4 is 10.1 Å². The minimum Gasteiger partial charge on any atom is -0.493 e. The van der Waals surface area contributed by atoms with Crippen LogP contribution in [0.15, 0.2) is 77.4 Å². The fourth-order valence-corrected chi connectivity index (χ4v) is 7.50. The normalized spacial score (nSPS) is 20.7. The number of aromatic nitrogens is 2. The molecule has 51 heavy (non-hydrogen) atoms. The van der Waals surface area contributed by atoms with Gasteiger partial charge in [0.2, 0.25) is 5.91 Å². The molecule has 1 unspecified atom stereocenters. The van der Waals surface area contributed by atoms with Crippen LogP contribution in [0.5, 0.6) is 5.75 Å². The lowest BCUT2D eigenvalue weighted by molar-refractivity contribution is -0.130. The minimum absolute atomic E-state index is 0.0478. The third-order valence-corrected chi connectivity index (χ3v) is 11.1. The average molecular weight is 749 g/mol. The van der Waals surface area contributed by atoms with Gasteiger partial charge in [0.1, 0.15) is 22.7 Å². The molecule has 2 aliphatic rings. The van der Waals surface area contributed by atoms with Gasteiger partial charge in [0, 0.05) is 71.2 Å². The van der Waals surface area contributed by atoms with Crippen LogP contribution in [0.1, 0.15) is 63.9 Å². The number of nitrogens with zero attached hydrogens (tertiary/aromatic N) is 6. The number of aliphatic imine (C=N–C) groups is 1. The van der Waals surface area contributed by atoms with Crippen LogP contribution in [0.25, 0.3) is 0 Å². The molecular formula is C38H43Cl2N7O3S. The summed E-state index contributed by atoms with van der Waals surface area (Å²) in [6.45, 7) is 14.3. The first-order chi connectivity index (χ1) is 24.3. The Morgan fingerprint density at radius 3 is 2.10 bits per heavy atom. The molecule has 1 saturated heterocycles. The number of hydrogen-bond acceptors (Lipinski definition) is 8. The average Bonchev–Trinajstić information content (AvgIpc) is 3.72. The van der Waals surface area contributed by atoms with Crippen molar-refractivity contribution < 1.29 is 14.3 Å². The summed E-state index contributed by atoms with van der Waals surface area (Å²) in [5.74, 6) is 0.988. The highest BCUT2D eigenvalue weighted by Gasteiger charge is 2.60. The Morgan fingerprint density at radius 2 is 1.53 bits per heavy atom. The summed E-state index contributed by atoms with van der Waals surface area (Å²) in [4.78, 5) is 48.2. The van der Waals surface area contributed by atoms with E-state index < -0.39 is 11.1 Å². The molecule has 1 fully saturated rings. The molecule has 4 heterocycles. The standard InChI is InChI=1S/C38H43Cl2N7O3S/c1-7-50-30-22-31(36(2,3)4)42-23-29(30)33-44-37(5,25-8-12-27(39)13-9-25)38(6,26-10-14-28(40)15-11-26)47(33)35(49)46-19-17-45(18-20-46)32(48)24-43-34-41-16-21-51-34/h8-16,21-23H,7,17-20,24H2,1-6H3,(H,41,43)/t37-,38?/m0/s1. The second-order valence-corrected chi connectivity index (χ2v) is 15.8. The van der Waals surface area contributed by atoms with Crippen molar-refractivity contribution in [2.75, 3.05) is 44.6 Å². The van der Waals surface area contributed by atoms with Crippen molar-refractivity contribution in [1.82, 2.24) is 24.7 Å². The predicted octanol–water partition coefficient (Wildman–Crippen LogP) is 7.81. The molecule has 268 valence electrons. The van der Waals surface area contributed by atoms with Gasteiger partial charge in [-0.3, -0.25) is 19.7 Å². The van der Waals surface area contributed by atoms with Crippen molar-refractivity contribution >= 4 is 57.4 Å². The smallest absolute Gasteiger partial charge is 0.326 e. The number of piperazine rings is 1. The summed E-state index contributed by atoms with van der Waals surface area (Å²) in [5.41, 5.74) is 0.889. The highest BCUT2D eigenvalue weighted by Crippen LogP contribution is 2.54. The first kappa shape index (κ1) is 36.6. The Bertz CT molecular complexity index is 1910. The van der Waals surface area contributed by atoms with Crippen molar-refractivity contribution in [2.24, 2.45) is 4.99 Å². The Hall–Kier alpha value is -4.19. The molecule has 13 heteroatoms. The SMILES string of the molecule is CCOc1cc(C(C)(C)C)ncc1C1=N[C@@](C)(c2ccc(Cl)cc2)C(C)(c2ccc(Cl)cc2)N1C(=O)N1CCN(C(=O)CNc2nccs2)CC1. The number of carbonyl (C=O) groups excluding carboxylic acids is 2. The molecule has 0 spiro atoms. The Morgan fingerprint density at radius 1 is 0.922 bits per heavy atom. The van der Waals surface area contributed by atoms with E-state index in [1.165, 1.54) is 11.3 Å². The molecule has 2 aliphatic heterocycles. The fraction of sp³-hybridized carbons (Fsp3) is 0.395. The Labute approximate surface area is 313 Å². The van der Waals surface area contributed by atoms with E-state index in [0.717, 1.165) is 16.8 Å². The van der Waals surface area contributed by atoms with Gasteiger partial charge in [-0.05, 0) is 56.2 Å². The topological polar surface area (TPSA) is 103 Å². The third-order valence-electron chi connectivity index (χ3n) is 9.84. The third kappa shape index (κ3) is 7.03. The number of carbonyl (C=O) groups is 2. The predicted molar refractivity (Wildman–Crippen MR) is 204 cm³/mol. The molecule has 4 aromatic rings. The number of halogens is 2. The second kappa shape index (κ2) is 14.4. The molecule has 2 aromatic heterocycles. The quantitative estimate of drug-likeness (QED) is 0.197. The summed E-state index contributed by atoms with van der Waals surface area (Å²) in [5, 5.41) is 6.82. The maximum absolute atomic E-state index is 15.2. The number of amides is 3. The lowest BCUT2D eigenvalue weighted by Gasteiger charge is -2.47. The summed E-state index contributed by atoms with van der Waals surface area (Å²) in [7, 11) is 0. The van der Waals surface area contributed by atoms with Gasteiger partial charge in [-0.1, -0.05) is 68.2 Å². The largest absolute Gasteiger partial charge is 0.493 e. The highest BCUT2D eigenvalue weighted by atomic mass is 35.5. The van der Waals surface area contributed by atoms with Gasteiger partial charge in [-0.2, -0.15) is 0 Å². The number of hydrogen-bond donors (Lipinski definition) is 1. The van der Waals surface area contributed by atoms with Gasteiger partial charge >= 0.3 is 6.03 Å². The van der Waals surface area contributed by atoms with Gasteiger partial charge in [-0.15, -0.1) is 11.3 Å². The number of anilines is 1. The number of nitrogens with one attached hydrogen (secondary N) is 1. The molecule has 6 rings (SSSR count). The van der Waals surface area contributed by atoms with Gasteiger partial charge in [-0.25, -0.2) is 9.78 Å². The highest BCUT2D eigenvalue weighted by molar-refractivity contribution is 7.13. The number of benzene rings is 2. The molecule has 0 radical (unpaired) electrons. The van der Waals surface area contributed by atoms with E-state index in [1.54, 1.807) is 27.1 Å². The summed E-state index contributed by atoms with van der Waals surface area (Å²) in [6, 6.07) is 16.9. The number of amidine groups is 1. The van der Waals surface area contributed by atoms with Gasteiger partial charge in [0.15, 0.2) is 5.13 Å². The molecule has 3 amide bonds. The fourth-order valence-electron chi connectivity index (χ4n) is 6.72. The molecule has 0 saturated carbocycles. The van der Waals surface area contributed by atoms with E-state index in [9.17, 15) is 4.79 Å². The van der Waals surface area contributed by atoms with Gasteiger partial charge in [0.05, 0.1) is 18.7 Å². The van der Waals surface area contributed by atoms with Crippen molar-refractivity contribution in [3.63, 3.8) is 0 Å². The van der Waals surface area contributed by atoms with E-state index in [4.69, 9.17) is 37.9 Å². The maximum Gasteiger partial charge on any atom is 0.326 e. The number of rotatable bonds is 8. The van der Waals surface area contributed by atoms with E-state index in [2.05, 4.69) is 31.1 Å². The zero-order valence-electron chi connectivity index (χ0n) is 29.7. The first-order valence-electron chi connectivity index (χ1n) is 17.0. The van der Waals surface area contributed by atoms with Crippen molar-refractivity contribution in [1.29, 1.82) is 0 Å². The molecule has 2 aromatic carbocycles. The van der Waals surface area contributed by atoms with Crippen LogP contribution in [0, 0.1) is 0 Å². The van der Waals surface area contributed by atoms with Crippen LogP contribution in [-0.4, -0.2) is 81.8 Å². The van der Waals surface area contributed by atoms with E-state index >= 15 is 4.79 Å². The first-order valence-corrected chi connectivity index (χ1v) is 18.7. The number of ether oxygens (including phenoxy) is 1. The molecule has 0 aliphatic carbocycles.